The molecule has 210 valence electrons. The lowest BCUT2D eigenvalue weighted by Gasteiger charge is -2.31. The van der Waals surface area contributed by atoms with Crippen molar-refractivity contribution in [1.29, 1.82) is 0 Å². The molecule has 0 N–H and O–H groups in total. The van der Waals surface area contributed by atoms with Crippen molar-refractivity contribution in [2.24, 2.45) is 0 Å². The van der Waals surface area contributed by atoms with E-state index in [2.05, 4.69) is 146 Å². The van der Waals surface area contributed by atoms with E-state index in [1.165, 1.54) is 33.4 Å². The topological polar surface area (TPSA) is 18.5 Å². The zero-order valence-corrected chi connectivity index (χ0v) is 28.1. The van der Waals surface area contributed by atoms with E-state index in [4.69, 9.17) is 9.47 Å². The van der Waals surface area contributed by atoms with E-state index in [1.54, 1.807) is 14.2 Å². The Bertz CT molecular complexity index is 1360. The smallest absolute Gasteiger partial charge is 0.130 e. The molecular weight excluding hydrogens is 624 g/mol. The quantitative estimate of drug-likeness (QED) is 0.183. The highest BCUT2D eigenvalue weighted by molar-refractivity contribution is 9.08. The Morgan fingerprint density at radius 1 is 0.550 bits per heavy atom. The maximum absolute atomic E-state index is 6.20. The van der Waals surface area contributed by atoms with Gasteiger partial charge in [0.2, 0.25) is 0 Å². The molecule has 0 radical (unpaired) electrons. The van der Waals surface area contributed by atoms with Crippen LogP contribution in [0.15, 0.2) is 72.8 Å². The van der Waals surface area contributed by atoms with Gasteiger partial charge in [0.15, 0.2) is 0 Å². The van der Waals surface area contributed by atoms with Crippen LogP contribution in [0.1, 0.15) is 63.8 Å². The van der Waals surface area contributed by atoms with Gasteiger partial charge in [-0.2, -0.15) is 0 Å². The largest absolute Gasteiger partial charge is 0.496 e. The van der Waals surface area contributed by atoms with E-state index in [9.17, 15) is 0 Å². The van der Waals surface area contributed by atoms with Crippen LogP contribution in [-0.2, 0) is 21.5 Å². The minimum absolute atomic E-state index is 0.134. The van der Waals surface area contributed by atoms with Crippen molar-refractivity contribution in [2.75, 3.05) is 14.2 Å². The molecule has 4 aromatic rings. The summed E-state index contributed by atoms with van der Waals surface area (Å²) < 4.78 is 12.4. The highest BCUT2D eigenvalue weighted by Crippen LogP contribution is 2.51. The number of benzene rings is 4. The fourth-order valence-corrected chi connectivity index (χ4v) is 6.69. The van der Waals surface area contributed by atoms with Crippen molar-refractivity contribution < 1.29 is 9.47 Å². The predicted molar refractivity (Wildman–Crippen MR) is 179 cm³/mol. The average molecular weight is 665 g/mol. The first kappa shape index (κ1) is 30.4. The SMILES string of the molecule is COc1c(C(C)(C)C)cc(-c2cc(C(C)(C)C)c(OC)c(-c3ccccc3)c2CBr)c(CBr)c1-c1ccccc1. The zero-order chi connectivity index (χ0) is 29.2. The summed E-state index contributed by atoms with van der Waals surface area (Å²) >= 11 is 7.79. The third-order valence-corrected chi connectivity index (χ3v) is 8.60. The van der Waals surface area contributed by atoms with Gasteiger partial charge in [-0.25, -0.2) is 0 Å². The molecule has 0 aliphatic rings. The summed E-state index contributed by atoms with van der Waals surface area (Å²) in [6, 6.07) is 25.9. The molecule has 0 saturated carbocycles. The summed E-state index contributed by atoms with van der Waals surface area (Å²) in [5.74, 6) is 1.87. The minimum Gasteiger partial charge on any atom is -0.496 e. The fraction of sp³-hybridized carbons (Fsp3) is 0.333. The molecule has 0 aliphatic carbocycles. The number of ether oxygens (including phenoxy) is 2. The minimum atomic E-state index is -0.134. The first-order valence-corrected chi connectivity index (χ1v) is 15.9. The summed E-state index contributed by atoms with van der Waals surface area (Å²) in [5, 5.41) is 1.37. The van der Waals surface area contributed by atoms with E-state index in [0.29, 0.717) is 10.7 Å². The van der Waals surface area contributed by atoms with Crippen LogP contribution >= 0.6 is 31.9 Å². The van der Waals surface area contributed by atoms with Gasteiger partial charge < -0.3 is 9.47 Å². The van der Waals surface area contributed by atoms with E-state index >= 15 is 0 Å². The van der Waals surface area contributed by atoms with Crippen LogP contribution in [-0.4, -0.2) is 14.2 Å². The molecule has 0 aliphatic heterocycles. The molecule has 0 amide bonds. The van der Waals surface area contributed by atoms with Crippen molar-refractivity contribution in [3.63, 3.8) is 0 Å². The molecule has 0 spiro atoms. The number of hydrogen-bond donors (Lipinski definition) is 0. The Morgan fingerprint density at radius 2 is 0.875 bits per heavy atom. The Hall–Kier alpha value is -2.56. The summed E-state index contributed by atoms with van der Waals surface area (Å²) in [5.41, 5.74) is 11.5. The molecule has 0 unspecified atom stereocenters. The summed E-state index contributed by atoms with van der Waals surface area (Å²) in [6.07, 6.45) is 0. The van der Waals surface area contributed by atoms with Gasteiger partial charge in [0.25, 0.3) is 0 Å². The Balaban J connectivity index is 2.27. The maximum Gasteiger partial charge on any atom is 0.130 e. The van der Waals surface area contributed by atoms with Gasteiger partial charge in [-0.15, -0.1) is 0 Å². The molecule has 4 rings (SSSR count). The fourth-order valence-electron chi connectivity index (χ4n) is 5.52. The van der Waals surface area contributed by atoms with Crippen LogP contribution in [0.4, 0.5) is 0 Å². The summed E-state index contributed by atoms with van der Waals surface area (Å²) in [4.78, 5) is 0. The Morgan fingerprint density at radius 3 is 1.12 bits per heavy atom. The van der Waals surface area contributed by atoms with Gasteiger partial charge in [-0.1, -0.05) is 134 Å². The Labute approximate surface area is 257 Å². The summed E-state index contributed by atoms with van der Waals surface area (Å²) in [7, 11) is 3.58. The van der Waals surface area contributed by atoms with Crippen molar-refractivity contribution in [2.45, 2.75) is 63.0 Å². The van der Waals surface area contributed by atoms with E-state index in [1.807, 2.05) is 0 Å². The number of methoxy groups -OCH3 is 2. The van der Waals surface area contributed by atoms with Gasteiger partial charge in [0.05, 0.1) is 14.2 Å². The standard InChI is InChI=1S/C36H40Br2O2/c1-35(2,3)29-19-25(27(21-37)31(33(29)39-7)23-15-11-9-12-16-23)26-20-30(36(4,5)6)34(40-8)32(28(26)22-38)24-17-13-10-14-18-24/h9-20H,21-22H2,1-8H3. The second kappa shape index (κ2) is 12.1. The second-order valence-corrected chi connectivity index (χ2v) is 13.3. The van der Waals surface area contributed by atoms with Crippen molar-refractivity contribution in [1.82, 2.24) is 0 Å². The number of rotatable bonds is 7. The Kier molecular flexibility index (Phi) is 9.21. The number of alkyl halides is 2. The summed E-state index contributed by atoms with van der Waals surface area (Å²) in [6.45, 7) is 13.5. The van der Waals surface area contributed by atoms with Crippen LogP contribution in [0.2, 0.25) is 0 Å². The van der Waals surface area contributed by atoms with Crippen LogP contribution < -0.4 is 9.47 Å². The third kappa shape index (κ3) is 5.76. The first-order chi connectivity index (χ1) is 19.0. The van der Waals surface area contributed by atoms with Crippen LogP contribution in [0.3, 0.4) is 0 Å². The molecule has 0 aromatic heterocycles. The molecular formula is C36H40Br2O2. The van der Waals surface area contributed by atoms with Gasteiger partial charge >= 0.3 is 0 Å². The molecule has 40 heavy (non-hydrogen) atoms. The highest BCUT2D eigenvalue weighted by Gasteiger charge is 2.31. The van der Waals surface area contributed by atoms with E-state index < -0.39 is 0 Å². The van der Waals surface area contributed by atoms with E-state index in [0.717, 1.165) is 33.8 Å². The lowest BCUT2D eigenvalue weighted by atomic mass is 9.76. The van der Waals surface area contributed by atoms with Gasteiger partial charge in [-0.3, -0.25) is 0 Å². The predicted octanol–water partition coefficient (Wildman–Crippen LogP) is 11.1. The van der Waals surface area contributed by atoms with Gasteiger partial charge in [0.1, 0.15) is 11.5 Å². The highest BCUT2D eigenvalue weighted by atomic mass is 79.9. The number of hydrogen-bond acceptors (Lipinski definition) is 2. The van der Waals surface area contributed by atoms with Crippen LogP contribution in [0.5, 0.6) is 11.5 Å². The maximum atomic E-state index is 6.20. The molecule has 0 bridgehead atoms. The third-order valence-electron chi connectivity index (χ3n) is 7.48. The first-order valence-electron chi connectivity index (χ1n) is 13.7. The molecule has 0 atom stereocenters. The molecule has 4 heteroatoms. The molecule has 0 saturated heterocycles. The van der Waals surface area contributed by atoms with E-state index in [-0.39, 0.29) is 10.8 Å². The average Bonchev–Trinajstić information content (AvgIpc) is 2.94. The molecule has 4 aromatic carbocycles. The number of halogens is 2. The van der Waals surface area contributed by atoms with Gasteiger partial charge in [-0.05, 0) is 56.3 Å². The normalized spacial score (nSPS) is 11.9. The van der Waals surface area contributed by atoms with Crippen molar-refractivity contribution >= 4 is 31.9 Å². The lowest BCUT2D eigenvalue weighted by molar-refractivity contribution is 0.398. The van der Waals surface area contributed by atoms with Crippen molar-refractivity contribution in [3.8, 4) is 44.9 Å². The van der Waals surface area contributed by atoms with Crippen LogP contribution in [0, 0.1) is 0 Å². The molecule has 0 heterocycles. The zero-order valence-electron chi connectivity index (χ0n) is 24.9. The van der Waals surface area contributed by atoms with Gasteiger partial charge in [0, 0.05) is 32.9 Å². The monoisotopic (exact) mass is 662 g/mol. The lowest BCUT2D eigenvalue weighted by Crippen LogP contribution is -2.16. The molecule has 0 fully saturated rings. The molecule has 2 nitrogen and oxygen atoms in total. The second-order valence-electron chi connectivity index (χ2n) is 12.2. The van der Waals surface area contributed by atoms with Crippen molar-refractivity contribution in [3.05, 3.63) is 95.1 Å². The van der Waals surface area contributed by atoms with Crippen LogP contribution in [0.25, 0.3) is 33.4 Å².